The van der Waals surface area contributed by atoms with E-state index in [9.17, 15) is 0 Å². The van der Waals surface area contributed by atoms with Crippen molar-refractivity contribution in [1.29, 1.82) is 0 Å². The van der Waals surface area contributed by atoms with Gasteiger partial charge >= 0.3 is 0 Å². The van der Waals surface area contributed by atoms with Gasteiger partial charge in [-0.1, -0.05) is 13.8 Å². The van der Waals surface area contributed by atoms with Crippen molar-refractivity contribution in [1.82, 2.24) is 9.80 Å². The Kier molecular flexibility index (Phi) is 8.40. The van der Waals surface area contributed by atoms with E-state index >= 15 is 0 Å². The molecule has 0 aliphatic rings. The second kappa shape index (κ2) is 8.48. The minimum absolute atomic E-state index is 0.828. The Hall–Kier alpha value is -0.120. The van der Waals surface area contributed by atoms with Crippen LogP contribution in [-0.2, 0) is 4.74 Å². The molecule has 0 spiro atoms. The molecular weight excluding hydrogens is 164 g/mol. The fourth-order valence-corrected chi connectivity index (χ4v) is 1.21. The zero-order valence-corrected chi connectivity index (χ0v) is 9.55. The van der Waals surface area contributed by atoms with Crippen LogP contribution in [0.2, 0.25) is 0 Å². The normalized spacial score (nSPS) is 11.5. The third kappa shape index (κ3) is 6.99. The highest BCUT2D eigenvalue weighted by Gasteiger charge is 2.01. The second-order valence-electron chi connectivity index (χ2n) is 3.32. The highest BCUT2D eigenvalue weighted by molar-refractivity contribution is 4.57. The Morgan fingerprint density at radius 2 is 1.62 bits per heavy atom. The van der Waals surface area contributed by atoms with Gasteiger partial charge in [-0.05, 0) is 20.1 Å². The third-order valence-electron chi connectivity index (χ3n) is 2.37. The van der Waals surface area contributed by atoms with Crippen molar-refractivity contribution < 1.29 is 4.74 Å². The Labute approximate surface area is 82.7 Å². The lowest BCUT2D eigenvalue weighted by atomic mass is 10.4. The summed E-state index contributed by atoms with van der Waals surface area (Å²) in [4.78, 5) is 4.74. The molecule has 0 fully saturated rings. The van der Waals surface area contributed by atoms with Crippen LogP contribution in [0.5, 0.6) is 0 Å². The number of hydrogen-bond acceptors (Lipinski definition) is 3. The van der Waals surface area contributed by atoms with Crippen LogP contribution in [0.1, 0.15) is 13.8 Å². The first kappa shape index (κ1) is 12.9. The average molecular weight is 188 g/mol. The Morgan fingerprint density at radius 3 is 2.08 bits per heavy atom. The quantitative estimate of drug-likeness (QED) is 0.563. The molecule has 0 rings (SSSR count). The summed E-state index contributed by atoms with van der Waals surface area (Å²) in [6, 6.07) is 0. The lowest BCUT2D eigenvalue weighted by Crippen LogP contribution is -2.34. The Balaban J connectivity index is 3.38. The van der Waals surface area contributed by atoms with Gasteiger partial charge in [-0.25, -0.2) is 0 Å². The molecule has 0 N–H and O–H groups in total. The summed E-state index contributed by atoms with van der Waals surface area (Å²) < 4.78 is 5.02. The average Bonchev–Trinajstić information content (AvgIpc) is 2.16. The molecule has 0 aliphatic heterocycles. The van der Waals surface area contributed by atoms with Crippen LogP contribution in [0.15, 0.2) is 0 Å². The van der Waals surface area contributed by atoms with Crippen molar-refractivity contribution in [2.45, 2.75) is 13.8 Å². The lowest BCUT2D eigenvalue weighted by molar-refractivity contribution is 0.152. The first-order chi connectivity index (χ1) is 6.24. The zero-order chi connectivity index (χ0) is 10.1. The molecule has 3 heteroatoms. The fraction of sp³-hybridized carbons (Fsp3) is 1.00. The molecule has 80 valence electrons. The molecule has 13 heavy (non-hydrogen) atoms. The minimum atomic E-state index is 0.828. The molecule has 0 unspecified atom stereocenters. The molecule has 0 aromatic heterocycles. The Bertz CT molecular complexity index is 105. The maximum absolute atomic E-state index is 5.02. The van der Waals surface area contributed by atoms with Crippen LogP contribution in [-0.4, -0.2) is 63.3 Å². The number of nitrogens with zero attached hydrogens (tertiary/aromatic N) is 2. The number of hydrogen-bond donors (Lipinski definition) is 0. The van der Waals surface area contributed by atoms with Gasteiger partial charge in [0.05, 0.1) is 6.61 Å². The van der Waals surface area contributed by atoms with E-state index in [1.54, 1.807) is 7.11 Å². The molecule has 0 saturated carbocycles. The van der Waals surface area contributed by atoms with Gasteiger partial charge in [0.25, 0.3) is 0 Å². The zero-order valence-electron chi connectivity index (χ0n) is 9.55. The van der Waals surface area contributed by atoms with Crippen LogP contribution in [0.25, 0.3) is 0 Å². The van der Waals surface area contributed by atoms with Crippen molar-refractivity contribution >= 4 is 0 Å². The van der Waals surface area contributed by atoms with Gasteiger partial charge < -0.3 is 14.5 Å². The number of rotatable bonds is 8. The molecule has 0 bridgehead atoms. The van der Waals surface area contributed by atoms with Crippen LogP contribution < -0.4 is 0 Å². The first-order valence-electron chi connectivity index (χ1n) is 5.14. The van der Waals surface area contributed by atoms with Crippen molar-refractivity contribution in [2.24, 2.45) is 0 Å². The minimum Gasteiger partial charge on any atom is -0.383 e. The molecule has 0 saturated heterocycles. The maximum atomic E-state index is 5.02. The molecule has 0 amide bonds. The summed E-state index contributed by atoms with van der Waals surface area (Å²) in [5, 5.41) is 0. The van der Waals surface area contributed by atoms with Crippen molar-refractivity contribution in [3.8, 4) is 0 Å². The third-order valence-corrected chi connectivity index (χ3v) is 2.37. The number of ether oxygens (including phenoxy) is 1. The Morgan fingerprint density at radius 1 is 1.00 bits per heavy atom. The largest absolute Gasteiger partial charge is 0.383 e. The molecule has 0 aromatic carbocycles. The smallest absolute Gasteiger partial charge is 0.0589 e. The summed E-state index contributed by atoms with van der Waals surface area (Å²) >= 11 is 0. The van der Waals surface area contributed by atoms with E-state index in [0.29, 0.717) is 0 Å². The van der Waals surface area contributed by atoms with E-state index in [-0.39, 0.29) is 0 Å². The van der Waals surface area contributed by atoms with E-state index in [0.717, 1.165) is 39.3 Å². The van der Waals surface area contributed by atoms with Gasteiger partial charge in [-0.2, -0.15) is 0 Å². The molecule has 0 heterocycles. The van der Waals surface area contributed by atoms with Crippen molar-refractivity contribution in [3.05, 3.63) is 0 Å². The van der Waals surface area contributed by atoms with E-state index in [1.165, 1.54) is 0 Å². The molecular formula is C10H24N2O. The van der Waals surface area contributed by atoms with Gasteiger partial charge in [0.2, 0.25) is 0 Å². The molecule has 0 aliphatic carbocycles. The lowest BCUT2D eigenvalue weighted by Gasteiger charge is -2.22. The second-order valence-corrected chi connectivity index (χ2v) is 3.32. The summed E-state index contributed by atoms with van der Waals surface area (Å²) in [6.45, 7) is 10.9. The van der Waals surface area contributed by atoms with Gasteiger partial charge in [-0.15, -0.1) is 0 Å². The molecule has 0 atom stereocenters. The van der Waals surface area contributed by atoms with E-state index in [1.807, 2.05) is 0 Å². The predicted octanol–water partition coefficient (Wildman–Crippen LogP) is 0.906. The molecule has 0 aromatic rings. The highest BCUT2D eigenvalue weighted by Crippen LogP contribution is 1.89. The number of methoxy groups -OCH3 is 1. The molecule has 0 radical (unpaired) electrons. The van der Waals surface area contributed by atoms with Gasteiger partial charge in [0.1, 0.15) is 0 Å². The maximum Gasteiger partial charge on any atom is 0.0589 e. The van der Waals surface area contributed by atoms with Gasteiger partial charge in [0, 0.05) is 26.7 Å². The van der Waals surface area contributed by atoms with Gasteiger partial charge in [0.15, 0.2) is 0 Å². The first-order valence-corrected chi connectivity index (χ1v) is 5.14. The van der Waals surface area contributed by atoms with Crippen LogP contribution in [0.3, 0.4) is 0 Å². The van der Waals surface area contributed by atoms with E-state index < -0.39 is 0 Å². The predicted molar refractivity (Wildman–Crippen MR) is 57.2 cm³/mol. The SMILES string of the molecule is CCN(CC)CCN(C)CCOC. The van der Waals surface area contributed by atoms with Crippen LogP contribution >= 0.6 is 0 Å². The summed E-state index contributed by atoms with van der Waals surface area (Å²) in [7, 11) is 3.89. The fourth-order valence-electron chi connectivity index (χ4n) is 1.21. The number of likely N-dealkylation sites (N-methyl/N-ethyl adjacent to an activating group) is 2. The van der Waals surface area contributed by atoms with Gasteiger partial charge in [-0.3, -0.25) is 0 Å². The van der Waals surface area contributed by atoms with E-state index in [2.05, 4.69) is 30.7 Å². The van der Waals surface area contributed by atoms with E-state index in [4.69, 9.17) is 4.74 Å². The monoisotopic (exact) mass is 188 g/mol. The summed E-state index contributed by atoms with van der Waals surface area (Å²) in [6.07, 6.45) is 0. The topological polar surface area (TPSA) is 15.7 Å². The van der Waals surface area contributed by atoms with Crippen LogP contribution in [0, 0.1) is 0 Å². The van der Waals surface area contributed by atoms with Crippen molar-refractivity contribution in [2.75, 3.05) is 53.5 Å². The summed E-state index contributed by atoms with van der Waals surface area (Å²) in [5.74, 6) is 0. The summed E-state index contributed by atoms with van der Waals surface area (Å²) in [5.41, 5.74) is 0. The van der Waals surface area contributed by atoms with Crippen LogP contribution in [0.4, 0.5) is 0 Å². The standard InChI is InChI=1S/C10H24N2O/c1-5-12(6-2)8-7-11(3)9-10-13-4/h5-10H2,1-4H3. The molecule has 3 nitrogen and oxygen atoms in total. The van der Waals surface area contributed by atoms with Crippen molar-refractivity contribution in [3.63, 3.8) is 0 Å². The highest BCUT2D eigenvalue weighted by atomic mass is 16.5.